The molecule has 1 amide bonds. The van der Waals surface area contributed by atoms with Gasteiger partial charge in [-0.3, -0.25) is 9.89 Å². The first-order valence-electron chi connectivity index (χ1n) is 6.94. The van der Waals surface area contributed by atoms with Crippen LogP contribution in [-0.2, 0) is 0 Å². The minimum Gasteiger partial charge on any atom is -0.349 e. The van der Waals surface area contributed by atoms with Crippen LogP contribution in [-0.4, -0.2) is 35.2 Å². The van der Waals surface area contributed by atoms with Crippen molar-refractivity contribution < 1.29 is 4.79 Å². The summed E-state index contributed by atoms with van der Waals surface area (Å²) in [4.78, 5) is 12.2. The van der Waals surface area contributed by atoms with Crippen LogP contribution < -0.4 is 10.6 Å². The van der Waals surface area contributed by atoms with Crippen LogP contribution in [0.3, 0.4) is 0 Å². The molecule has 6 heteroatoms. The number of aromatic amines is 1. The summed E-state index contributed by atoms with van der Waals surface area (Å²) in [6.45, 7) is 5.51. The largest absolute Gasteiger partial charge is 0.349 e. The van der Waals surface area contributed by atoms with Gasteiger partial charge in [-0.05, 0) is 29.4 Å². The molecule has 21 heavy (non-hydrogen) atoms. The first kappa shape index (κ1) is 15.7. The minimum atomic E-state index is -0.165. The molecule has 0 aliphatic carbocycles. The van der Waals surface area contributed by atoms with Crippen LogP contribution in [0.2, 0.25) is 0 Å². The fourth-order valence-electron chi connectivity index (χ4n) is 2.02. The molecule has 112 valence electrons. The van der Waals surface area contributed by atoms with Crippen molar-refractivity contribution in [1.82, 2.24) is 20.8 Å². The second kappa shape index (κ2) is 7.38. The molecule has 0 saturated carbocycles. The van der Waals surface area contributed by atoms with Crippen LogP contribution in [0.4, 0.5) is 0 Å². The molecule has 1 aromatic heterocycles. The van der Waals surface area contributed by atoms with Crippen LogP contribution in [0, 0.1) is 0 Å². The van der Waals surface area contributed by atoms with E-state index < -0.39 is 0 Å². The summed E-state index contributed by atoms with van der Waals surface area (Å²) in [6.07, 6.45) is 0. The van der Waals surface area contributed by atoms with E-state index in [1.54, 1.807) is 0 Å². The van der Waals surface area contributed by atoms with Gasteiger partial charge in [0.25, 0.3) is 5.91 Å². The van der Waals surface area contributed by atoms with E-state index in [2.05, 4.69) is 36.8 Å². The van der Waals surface area contributed by atoms with E-state index in [9.17, 15) is 4.79 Å². The quantitative estimate of drug-likeness (QED) is 0.749. The van der Waals surface area contributed by atoms with Crippen LogP contribution in [0.1, 0.15) is 24.3 Å². The maximum atomic E-state index is 12.2. The number of carbonyl (C=O) groups is 1. The Balaban J connectivity index is 2.08. The first-order valence-corrected chi connectivity index (χ1v) is 7.73. The molecule has 0 fully saturated rings. The maximum Gasteiger partial charge on any atom is 0.270 e. The third kappa shape index (κ3) is 3.92. The average Bonchev–Trinajstić information content (AvgIpc) is 2.88. The molecule has 0 aliphatic rings. The summed E-state index contributed by atoms with van der Waals surface area (Å²) in [5.41, 5.74) is 2.14. The smallest absolute Gasteiger partial charge is 0.270 e. The highest BCUT2D eigenvalue weighted by molar-refractivity contribution is 9.10. The summed E-state index contributed by atoms with van der Waals surface area (Å²) in [7, 11) is 0. The predicted molar refractivity (Wildman–Crippen MR) is 87.2 cm³/mol. The van der Waals surface area contributed by atoms with Crippen LogP contribution in [0.15, 0.2) is 34.8 Å². The van der Waals surface area contributed by atoms with E-state index in [4.69, 9.17) is 0 Å². The highest BCUT2D eigenvalue weighted by Crippen LogP contribution is 2.28. The van der Waals surface area contributed by atoms with Gasteiger partial charge in [0.2, 0.25) is 0 Å². The molecular formula is C15H19BrN4O. The molecule has 1 heterocycles. The molecule has 2 rings (SSSR count). The van der Waals surface area contributed by atoms with E-state index in [-0.39, 0.29) is 11.9 Å². The fourth-order valence-corrected chi connectivity index (χ4v) is 2.61. The second-order valence-corrected chi connectivity index (χ2v) is 5.59. The Hall–Kier alpha value is -1.66. The van der Waals surface area contributed by atoms with E-state index in [1.165, 1.54) is 0 Å². The van der Waals surface area contributed by atoms with Crippen molar-refractivity contribution in [3.63, 3.8) is 0 Å². The number of nitrogens with zero attached hydrogens (tertiary/aromatic N) is 1. The molecule has 0 aliphatic heterocycles. The van der Waals surface area contributed by atoms with E-state index >= 15 is 0 Å². The van der Waals surface area contributed by atoms with Crippen molar-refractivity contribution in [3.05, 3.63) is 40.5 Å². The van der Waals surface area contributed by atoms with Gasteiger partial charge in [0.1, 0.15) is 11.4 Å². The number of likely N-dealkylation sites (N-methyl/N-ethyl adjacent to an activating group) is 1. The molecule has 1 atom stereocenters. The van der Waals surface area contributed by atoms with E-state index in [1.807, 2.05) is 44.2 Å². The highest BCUT2D eigenvalue weighted by Gasteiger charge is 2.18. The van der Waals surface area contributed by atoms with Gasteiger partial charge in [-0.2, -0.15) is 5.10 Å². The Bertz CT molecular complexity index is 597. The first-order chi connectivity index (χ1) is 10.1. The van der Waals surface area contributed by atoms with Crippen molar-refractivity contribution in [2.75, 3.05) is 13.1 Å². The van der Waals surface area contributed by atoms with Gasteiger partial charge in [-0.15, -0.1) is 0 Å². The summed E-state index contributed by atoms with van der Waals surface area (Å²) >= 11 is 3.46. The number of aromatic nitrogens is 2. The van der Waals surface area contributed by atoms with E-state index in [0.29, 0.717) is 16.7 Å². The number of nitrogens with one attached hydrogen (secondary N) is 3. The van der Waals surface area contributed by atoms with Gasteiger partial charge < -0.3 is 10.6 Å². The summed E-state index contributed by atoms with van der Waals surface area (Å²) in [6, 6.07) is 9.96. The van der Waals surface area contributed by atoms with Gasteiger partial charge in [0, 0.05) is 18.2 Å². The maximum absolute atomic E-state index is 12.2. The lowest BCUT2D eigenvalue weighted by Gasteiger charge is -2.12. The van der Waals surface area contributed by atoms with Gasteiger partial charge in [-0.25, -0.2) is 0 Å². The molecule has 0 radical (unpaired) electrons. The number of halogens is 1. The number of H-pyrrole nitrogens is 1. The Labute approximate surface area is 132 Å². The Morgan fingerprint density at radius 3 is 2.76 bits per heavy atom. The van der Waals surface area contributed by atoms with Crippen LogP contribution >= 0.6 is 15.9 Å². The molecule has 0 spiro atoms. The number of amides is 1. The topological polar surface area (TPSA) is 69.8 Å². The predicted octanol–water partition coefficient (Wildman–Crippen LogP) is 2.57. The second-order valence-electron chi connectivity index (χ2n) is 4.80. The lowest BCUT2D eigenvalue weighted by Crippen LogP contribution is -2.39. The Kier molecular flexibility index (Phi) is 5.52. The van der Waals surface area contributed by atoms with Gasteiger partial charge >= 0.3 is 0 Å². The third-order valence-electron chi connectivity index (χ3n) is 3.10. The highest BCUT2D eigenvalue weighted by atomic mass is 79.9. The zero-order valence-corrected chi connectivity index (χ0v) is 13.7. The van der Waals surface area contributed by atoms with Crippen molar-refractivity contribution in [3.8, 4) is 11.3 Å². The number of carbonyl (C=O) groups excluding carboxylic acids is 1. The zero-order chi connectivity index (χ0) is 15.2. The van der Waals surface area contributed by atoms with Crippen molar-refractivity contribution >= 4 is 21.8 Å². The average molecular weight is 351 g/mol. The summed E-state index contributed by atoms with van der Waals surface area (Å²) in [5.74, 6) is -0.165. The molecule has 0 saturated heterocycles. The summed E-state index contributed by atoms with van der Waals surface area (Å²) in [5, 5.41) is 13.2. The number of benzene rings is 1. The molecule has 3 N–H and O–H groups in total. The van der Waals surface area contributed by atoms with Crippen LogP contribution in [0.25, 0.3) is 11.3 Å². The Morgan fingerprint density at radius 1 is 1.38 bits per heavy atom. The monoisotopic (exact) mass is 350 g/mol. The third-order valence-corrected chi connectivity index (χ3v) is 3.87. The SMILES string of the molecule is CCN[C@H](C)CNC(=O)c1[nH]nc(-c2ccccc2)c1Br. The van der Waals surface area contributed by atoms with Gasteiger partial charge in [-0.1, -0.05) is 37.3 Å². The van der Waals surface area contributed by atoms with E-state index in [0.717, 1.165) is 17.8 Å². The molecule has 2 aromatic rings. The lowest BCUT2D eigenvalue weighted by atomic mass is 10.1. The van der Waals surface area contributed by atoms with Crippen LogP contribution in [0.5, 0.6) is 0 Å². The molecule has 1 aromatic carbocycles. The summed E-state index contributed by atoms with van der Waals surface area (Å²) < 4.78 is 0.683. The molecule has 0 unspecified atom stereocenters. The Morgan fingerprint density at radius 2 is 2.10 bits per heavy atom. The fraction of sp³-hybridized carbons (Fsp3) is 0.333. The molecular weight excluding hydrogens is 332 g/mol. The van der Waals surface area contributed by atoms with Crippen molar-refractivity contribution in [2.24, 2.45) is 0 Å². The number of hydrogen-bond donors (Lipinski definition) is 3. The molecule has 5 nitrogen and oxygen atoms in total. The normalized spacial score (nSPS) is 12.1. The lowest BCUT2D eigenvalue weighted by molar-refractivity contribution is 0.0944. The van der Waals surface area contributed by atoms with Crippen molar-refractivity contribution in [1.29, 1.82) is 0 Å². The van der Waals surface area contributed by atoms with Gasteiger partial charge in [0.05, 0.1) is 4.47 Å². The number of rotatable bonds is 6. The standard InChI is InChI=1S/C15H19BrN4O/c1-3-17-10(2)9-18-15(21)14-12(16)13(19-20-14)11-7-5-4-6-8-11/h4-8,10,17H,3,9H2,1-2H3,(H,18,21)(H,19,20)/t10-/m1/s1. The zero-order valence-electron chi connectivity index (χ0n) is 12.1. The van der Waals surface area contributed by atoms with Gasteiger partial charge in [0.15, 0.2) is 0 Å². The number of hydrogen-bond acceptors (Lipinski definition) is 3. The van der Waals surface area contributed by atoms with Crippen molar-refractivity contribution in [2.45, 2.75) is 19.9 Å². The minimum absolute atomic E-state index is 0.165. The molecule has 0 bridgehead atoms.